The Hall–Kier alpha value is -1.77. The predicted octanol–water partition coefficient (Wildman–Crippen LogP) is 0.559. The van der Waals surface area contributed by atoms with Crippen LogP contribution in [0.15, 0.2) is 4.63 Å². The normalized spacial score (nSPS) is 20.6. The first-order valence-corrected chi connectivity index (χ1v) is 6.99. The lowest BCUT2D eigenvalue weighted by atomic mass is 10.1. The van der Waals surface area contributed by atoms with Crippen molar-refractivity contribution >= 4 is 6.16 Å². The number of ether oxygens (including phenoxy) is 2. The Balaban J connectivity index is 1.73. The Kier molecular flexibility index (Phi) is 4.40. The smallest absolute Gasteiger partial charge is 0.428 e. The molecule has 1 saturated heterocycles. The SMILES string of the molecule is CC(OC(=O)OC(C)(C)C)On1on1N1CCC(CO)C1. The van der Waals surface area contributed by atoms with E-state index >= 15 is 0 Å². The highest BCUT2D eigenvalue weighted by Crippen LogP contribution is 2.16. The maximum Gasteiger partial charge on any atom is 0.511 e. The summed E-state index contributed by atoms with van der Waals surface area (Å²) in [5, 5.41) is 12.1. The number of carbonyl (C=O) groups excluding carboxylic acids is 1. The number of nitrogens with zero attached hydrogens (tertiary/aromatic N) is 3. The van der Waals surface area contributed by atoms with Crippen LogP contribution in [0, 0.1) is 5.92 Å². The highest BCUT2D eigenvalue weighted by molar-refractivity contribution is 5.60. The molecule has 2 heterocycles. The quantitative estimate of drug-likeness (QED) is 0.627. The Morgan fingerprint density at radius 1 is 1.48 bits per heavy atom. The molecule has 1 aliphatic heterocycles. The Labute approximate surface area is 122 Å². The van der Waals surface area contributed by atoms with Crippen molar-refractivity contribution in [3.05, 3.63) is 0 Å². The van der Waals surface area contributed by atoms with Gasteiger partial charge in [-0.2, -0.15) is 4.63 Å². The van der Waals surface area contributed by atoms with E-state index in [9.17, 15) is 4.79 Å². The molecule has 1 aromatic heterocycles. The molecule has 0 radical (unpaired) electrons. The van der Waals surface area contributed by atoms with E-state index in [1.807, 2.05) is 5.01 Å². The fourth-order valence-electron chi connectivity index (χ4n) is 1.94. The van der Waals surface area contributed by atoms with Crippen LogP contribution < -0.4 is 9.85 Å². The van der Waals surface area contributed by atoms with Gasteiger partial charge in [0.1, 0.15) is 10.6 Å². The van der Waals surface area contributed by atoms with Crippen molar-refractivity contribution in [3.63, 3.8) is 0 Å². The lowest BCUT2D eigenvalue weighted by Gasteiger charge is -2.20. The number of hydrogen-bond donors (Lipinski definition) is 1. The van der Waals surface area contributed by atoms with Crippen LogP contribution in [0.5, 0.6) is 0 Å². The van der Waals surface area contributed by atoms with Gasteiger partial charge in [-0.25, -0.2) is 4.79 Å². The van der Waals surface area contributed by atoms with E-state index in [-0.39, 0.29) is 12.5 Å². The molecule has 0 aromatic carbocycles. The molecule has 9 heteroatoms. The van der Waals surface area contributed by atoms with Crippen molar-refractivity contribution in [1.82, 2.24) is 9.98 Å². The van der Waals surface area contributed by atoms with E-state index in [1.165, 1.54) is 4.96 Å². The predicted molar refractivity (Wildman–Crippen MR) is 71.2 cm³/mol. The third-order valence-electron chi connectivity index (χ3n) is 2.91. The molecule has 2 unspecified atom stereocenters. The Bertz CT molecular complexity index is 457. The highest BCUT2D eigenvalue weighted by atomic mass is 17.0. The van der Waals surface area contributed by atoms with Gasteiger partial charge in [0, 0.05) is 37.5 Å². The second-order valence-corrected chi connectivity index (χ2v) is 6.08. The summed E-state index contributed by atoms with van der Waals surface area (Å²) in [7, 11) is 0. The second-order valence-electron chi connectivity index (χ2n) is 6.08. The van der Waals surface area contributed by atoms with Crippen LogP contribution in [0.25, 0.3) is 0 Å². The van der Waals surface area contributed by atoms with Crippen LogP contribution in [0.4, 0.5) is 4.79 Å². The maximum absolute atomic E-state index is 11.5. The first kappa shape index (κ1) is 15.6. The largest absolute Gasteiger partial charge is 0.511 e. The minimum Gasteiger partial charge on any atom is -0.428 e. The summed E-state index contributed by atoms with van der Waals surface area (Å²) in [6.07, 6.45) is -0.750. The summed E-state index contributed by atoms with van der Waals surface area (Å²) >= 11 is 0. The molecule has 0 aliphatic carbocycles. The lowest BCUT2D eigenvalue weighted by Crippen LogP contribution is -2.34. The minimum absolute atomic E-state index is 0.156. The van der Waals surface area contributed by atoms with Crippen LogP contribution in [0.2, 0.25) is 0 Å². The average Bonchev–Trinajstić information content (AvgIpc) is 2.93. The van der Waals surface area contributed by atoms with E-state index < -0.39 is 18.0 Å². The number of aliphatic hydroxyl groups is 1. The summed E-state index contributed by atoms with van der Waals surface area (Å²) in [4.78, 5) is 18.1. The molecule has 1 fully saturated rings. The van der Waals surface area contributed by atoms with Crippen molar-refractivity contribution in [2.45, 2.75) is 46.0 Å². The molecule has 2 rings (SSSR count). The molecule has 21 heavy (non-hydrogen) atoms. The summed E-state index contributed by atoms with van der Waals surface area (Å²) in [6.45, 7) is 8.43. The van der Waals surface area contributed by atoms with Crippen molar-refractivity contribution < 1.29 is 28.8 Å². The van der Waals surface area contributed by atoms with E-state index in [4.69, 9.17) is 24.0 Å². The highest BCUT2D eigenvalue weighted by Gasteiger charge is 2.30. The molecule has 2 atom stereocenters. The number of carbonyl (C=O) groups is 1. The number of aromatic nitrogens is 2. The number of rotatable bonds is 5. The fourth-order valence-corrected chi connectivity index (χ4v) is 1.94. The van der Waals surface area contributed by atoms with Gasteiger partial charge in [0.05, 0.1) is 0 Å². The molecule has 0 spiro atoms. The number of hydrogen-bond acceptors (Lipinski definition) is 7. The Morgan fingerprint density at radius 3 is 2.76 bits per heavy atom. The van der Waals surface area contributed by atoms with Crippen molar-refractivity contribution in [3.8, 4) is 0 Å². The monoisotopic (exact) mass is 305 g/mol. The van der Waals surface area contributed by atoms with Crippen LogP contribution in [-0.2, 0) is 9.47 Å². The minimum atomic E-state index is -0.846. The van der Waals surface area contributed by atoms with E-state index in [0.717, 1.165) is 18.0 Å². The average molecular weight is 305 g/mol. The molecule has 1 aliphatic rings. The van der Waals surface area contributed by atoms with E-state index in [0.29, 0.717) is 6.54 Å². The van der Waals surface area contributed by atoms with Gasteiger partial charge in [-0.1, -0.05) is 0 Å². The van der Waals surface area contributed by atoms with Gasteiger partial charge in [0.15, 0.2) is 0 Å². The van der Waals surface area contributed by atoms with Gasteiger partial charge in [-0.05, 0) is 27.2 Å². The Morgan fingerprint density at radius 2 is 2.19 bits per heavy atom. The molecule has 9 nitrogen and oxygen atoms in total. The molecule has 0 bridgehead atoms. The van der Waals surface area contributed by atoms with E-state index in [1.54, 1.807) is 27.7 Å². The first-order chi connectivity index (χ1) is 9.78. The van der Waals surface area contributed by atoms with Gasteiger partial charge in [0.2, 0.25) is 0 Å². The first-order valence-electron chi connectivity index (χ1n) is 6.99. The van der Waals surface area contributed by atoms with Crippen LogP contribution >= 0.6 is 0 Å². The molecule has 1 aromatic rings. The molecule has 1 N–H and O–H groups in total. The standard InChI is InChI=1S/C12H23N3O6/c1-9(18-11(17)19-12(2,3)4)20-15-14(21-15)13-6-5-10(7-13)8-16/h9-10,16H,5-8H2,1-4H3. The van der Waals surface area contributed by atoms with Gasteiger partial charge in [-0.3, -0.25) is 5.01 Å². The summed E-state index contributed by atoms with van der Waals surface area (Å²) in [6, 6.07) is 0. The molecule has 0 saturated carbocycles. The van der Waals surface area contributed by atoms with Gasteiger partial charge in [0.25, 0.3) is 6.29 Å². The summed E-state index contributed by atoms with van der Waals surface area (Å²) in [5.41, 5.74) is -0.617. The zero-order valence-corrected chi connectivity index (χ0v) is 12.8. The zero-order valence-electron chi connectivity index (χ0n) is 12.8. The summed E-state index contributed by atoms with van der Waals surface area (Å²) < 4.78 is 15.1. The third-order valence-corrected chi connectivity index (χ3v) is 2.91. The molecule has 0 amide bonds. The van der Waals surface area contributed by atoms with Crippen LogP contribution in [0.1, 0.15) is 34.1 Å². The van der Waals surface area contributed by atoms with E-state index in [2.05, 4.69) is 0 Å². The van der Waals surface area contributed by atoms with Crippen LogP contribution in [-0.4, -0.2) is 52.8 Å². The fraction of sp³-hybridized carbons (Fsp3) is 0.917. The molecular formula is C12H23N3O6. The summed E-state index contributed by atoms with van der Waals surface area (Å²) in [5.74, 6) is 0.242. The van der Waals surface area contributed by atoms with Gasteiger partial charge in [-0.15, -0.1) is 0 Å². The zero-order chi connectivity index (χ0) is 15.6. The maximum atomic E-state index is 11.5. The van der Waals surface area contributed by atoms with Crippen molar-refractivity contribution in [2.24, 2.45) is 5.92 Å². The third kappa shape index (κ3) is 4.62. The van der Waals surface area contributed by atoms with Gasteiger partial charge < -0.3 is 19.4 Å². The molecule has 122 valence electrons. The topological polar surface area (TPSA) is 91.2 Å². The second kappa shape index (κ2) is 5.92. The van der Waals surface area contributed by atoms with Crippen molar-refractivity contribution in [1.29, 1.82) is 0 Å². The van der Waals surface area contributed by atoms with Crippen molar-refractivity contribution in [2.75, 3.05) is 24.7 Å². The van der Waals surface area contributed by atoms with Gasteiger partial charge >= 0.3 is 6.16 Å². The number of aliphatic hydroxyl groups excluding tert-OH is 1. The molecular weight excluding hydrogens is 282 g/mol. The van der Waals surface area contributed by atoms with Crippen LogP contribution in [0.3, 0.4) is 0 Å². The lowest BCUT2D eigenvalue weighted by molar-refractivity contribution is -0.142.